The number of pyridine rings is 1. The van der Waals surface area contributed by atoms with Gasteiger partial charge in [-0.15, -0.1) is 0 Å². The average molecular weight is 318 g/mol. The number of urea groups is 1. The zero-order valence-corrected chi connectivity index (χ0v) is 14.0. The number of carbonyl (C=O) groups excluding carboxylic acids is 1. The Hall–Kier alpha value is -1.98. The SMILES string of the molecule is CN(C)c1ncccc1O[C@H]1CCN(C(=O)NCCC2CC2)C1. The maximum atomic E-state index is 12.2. The third-order valence-electron chi connectivity index (χ3n) is 4.43. The molecule has 0 unspecified atom stereocenters. The molecule has 3 rings (SSSR count). The van der Waals surface area contributed by atoms with Crippen LogP contribution >= 0.6 is 0 Å². The van der Waals surface area contributed by atoms with E-state index in [4.69, 9.17) is 4.74 Å². The van der Waals surface area contributed by atoms with E-state index >= 15 is 0 Å². The molecule has 1 aliphatic heterocycles. The third kappa shape index (κ3) is 4.27. The second-order valence-corrected chi connectivity index (χ2v) is 6.66. The first-order chi connectivity index (χ1) is 11.1. The van der Waals surface area contributed by atoms with Crippen molar-refractivity contribution in [1.82, 2.24) is 15.2 Å². The molecule has 2 heterocycles. The number of anilines is 1. The Morgan fingerprint density at radius 2 is 2.26 bits per heavy atom. The first-order valence-electron chi connectivity index (χ1n) is 8.45. The number of ether oxygens (including phenoxy) is 1. The van der Waals surface area contributed by atoms with Crippen molar-refractivity contribution in [3.8, 4) is 5.75 Å². The topological polar surface area (TPSA) is 57.7 Å². The summed E-state index contributed by atoms with van der Waals surface area (Å²) in [5.41, 5.74) is 0. The minimum atomic E-state index is 0.0343. The lowest BCUT2D eigenvalue weighted by molar-refractivity contribution is 0.187. The van der Waals surface area contributed by atoms with Crippen LogP contribution in [-0.4, -0.2) is 55.7 Å². The van der Waals surface area contributed by atoms with Crippen molar-refractivity contribution in [3.05, 3.63) is 18.3 Å². The van der Waals surface area contributed by atoms with Crippen LogP contribution < -0.4 is 15.0 Å². The van der Waals surface area contributed by atoms with Crippen LogP contribution in [0.1, 0.15) is 25.7 Å². The predicted octanol–water partition coefficient (Wildman–Crippen LogP) is 2.11. The molecular weight excluding hydrogens is 292 g/mol. The molecule has 6 heteroatoms. The van der Waals surface area contributed by atoms with Gasteiger partial charge in [0.25, 0.3) is 0 Å². The molecule has 0 aromatic carbocycles. The van der Waals surface area contributed by atoms with Gasteiger partial charge in [0.2, 0.25) is 0 Å². The number of nitrogens with one attached hydrogen (secondary N) is 1. The Morgan fingerprint density at radius 3 is 3.00 bits per heavy atom. The highest BCUT2D eigenvalue weighted by Gasteiger charge is 2.28. The molecule has 0 radical (unpaired) electrons. The smallest absolute Gasteiger partial charge is 0.317 e. The molecule has 1 aromatic heterocycles. The Labute approximate surface area is 137 Å². The lowest BCUT2D eigenvalue weighted by atomic mass is 10.3. The summed E-state index contributed by atoms with van der Waals surface area (Å²) in [5.74, 6) is 2.44. The van der Waals surface area contributed by atoms with Crippen LogP contribution in [0, 0.1) is 5.92 Å². The standard InChI is InChI=1S/C17H26N4O2/c1-20(2)16-15(4-3-9-18-16)23-14-8-11-21(12-14)17(22)19-10-7-13-5-6-13/h3-4,9,13-14H,5-8,10-12H2,1-2H3,(H,19,22)/t14-/m0/s1. The Morgan fingerprint density at radius 1 is 1.43 bits per heavy atom. The second kappa shape index (κ2) is 7.06. The number of hydrogen-bond donors (Lipinski definition) is 1. The molecule has 126 valence electrons. The number of rotatable bonds is 6. The van der Waals surface area contributed by atoms with Crippen LogP contribution in [0.25, 0.3) is 0 Å². The summed E-state index contributed by atoms with van der Waals surface area (Å²) in [4.78, 5) is 20.3. The molecule has 2 amide bonds. The summed E-state index contributed by atoms with van der Waals surface area (Å²) in [6, 6.07) is 3.84. The number of nitrogens with zero attached hydrogens (tertiary/aromatic N) is 3. The van der Waals surface area contributed by atoms with Crippen LogP contribution in [0.3, 0.4) is 0 Å². The fourth-order valence-electron chi connectivity index (χ4n) is 2.90. The van der Waals surface area contributed by atoms with E-state index < -0.39 is 0 Å². The van der Waals surface area contributed by atoms with Gasteiger partial charge >= 0.3 is 6.03 Å². The summed E-state index contributed by atoms with van der Waals surface area (Å²) < 4.78 is 6.08. The monoisotopic (exact) mass is 318 g/mol. The molecular formula is C17H26N4O2. The highest BCUT2D eigenvalue weighted by molar-refractivity contribution is 5.74. The van der Waals surface area contributed by atoms with Crippen LogP contribution in [0.2, 0.25) is 0 Å². The lowest BCUT2D eigenvalue weighted by Gasteiger charge is -2.20. The van der Waals surface area contributed by atoms with E-state index in [-0.39, 0.29) is 12.1 Å². The van der Waals surface area contributed by atoms with Gasteiger partial charge in [0.15, 0.2) is 11.6 Å². The van der Waals surface area contributed by atoms with Crippen LogP contribution in [0.5, 0.6) is 5.75 Å². The van der Waals surface area contributed by atoms with Gasteiger partial charge in [0.1, 0.15) is 6.10 Å². The minimum absolute atomic E-state index is 0.0343. The first-order valence-corrected chi connectivity index (χ1v) is 8.45. The molecule has 2 aliphatic rings. The summed E-state index contributed by atoms with van der Waals surface area (Å²) in [5, 5.41) is 3.02. The Balaban J connectivity index is 1.48. The van der Waals surface area contributed by atoms with Gasteiger partial charge in [-0.05, 0) is 24.5 Å². The Kier molecular flexibility index (Phi) is 4.88. The van der Waals surface area contributed by atoms with E-state index in [1.54, 1.807) is 6.20 Å². The molecule has 1 saturated carbocycles. The first kappa shape index (κ1) is 15.9. The van der Waals surface area contributed by atoms with E-state index in [0.29, 0.717) is 6.54 Å². The highest BCUT2D eigenvalue weighted by atomic mass is 16.5. The number of aromatic nitrogens is 1. The molecule has 0 bridgehead atoms. The second-order valence-electron chi connectivity index (χ2n) is 6.66. The minimum Gasteiger partial charge on any atom is -0.485 e. The van der Waals surface area contributed by atoms with E-state index in [0.717, 1.165) is 43.4 Å². The lowest BCUT2D eigenvalue weighted by Crippen LogP contribution is -2.39. The molecule has 6 nitrogen and oxygen atoms in total. The van der Waals surface area contributed by atoms with Crippen LogP contribution in [0.4, 0.5) is 10.6 Å². The van der Waals surface area contributed by atoms with Gasteiger partial charge in [-0.25, -0.2) is 9.78 Å². The molecule has 1 atom stereocenters. The zero-order valence-electron chi connectivity index (χ0n) is 14.0. The normalized spacial score (nSPS) is 20.4. The highest BCUT2D eigenvalue weighted by Crippen LogP contribution is 2.31. The van der Waals surface area contributed by atoms with Gasteiger partial charge < -0.3 is 19.9 Å². The summed E-state index contributed by atoms with van der Waals surface area (Å²) in [6.45, 7) is 2.17. The average Bonchev–Trinajstić information content (AvgIpc) is 3.24. The summed E-state index contributed by atoms with van der Waals surface area (Å²) in [6.07, 6.45) is 6.42. The van der Waals surface area contributed by atoms with Crippen molar-refractivity contribution >= 4 is 11.8 Å². The van der Waals surface area contributed by atoms with E-state index in [2.05, 4.69) is 10.3 Å². The molecule has 1 aliphatic carbocycles. The fraction of sp³-hybridized carbons (Fsp3) is 0.647. The summed E-state index contributed by atoms with van der Waals surface area (Å²) >= 11 is 0. The molecule has 2 fully saturated rings. The third-order valence-corrected chi connectivity index (χ3v) is 4.43. The molecule has 1 N–H and O–H groups in total. The fourth-order valence-corrected chi connectivity index (χ4v) is 2.90. The largest absolute Gasteiger partial charge is 0.485 e. The molecule has 23 heavy (non-hydrogen) atoms. The van der Waals surface area contributed by atoms with Gasteiger partial charge in [0, 0.05) is 39.8 Å². The van der Waals surface area contributed by atoms with Crippen molar-refractivity contribution in [2.75, 3.05) is 38.6 Å². The van der Waals surface area contributed by atoms with Crippen molar-refractivity contribution < 1.29 is 9.53 Å². The van der Waals surface area contributed by atoms with Gasteiger partial charge in [-0.3, -0.25) is 0 Å². The molecule has 0 spiro atoms. The van der Waals surface area contributed by atoms with Crippen molar-refractivity contribution in [2.45, 2.75) is 31.8 Å². The van der Waals surface area contributed by atoms with Gasteiger partial charge in [-0.2, -0.15) is 0 Å². The van der Waals surface area contributed by atoms with Crippen molar-refractivity contribution in [1.29, 1.82) is 0 Å². The zero-order chi connectivity index (χ0) is 16.2. The Bertz CT molecular complexity index is 545. The quantitative estimate of drug-likeness (QED) is 0.873. The molecule has 1 aromatic rings. The van der Waals surface area contributed by atoms with Crippen molar-refractivity contribution in [2.24, 2.45) is 5.92 Å². The van der Waals surface area contributed by atoms with Crippen LogP contribution in [-0.2, 0) is 0 Å². The van der Waals surface area contributed by atoms with E-state index in [1.807, 2.05) is 36.0 Å². The van der Waals surface area contributed by atoms with E-state index in [9.17, 15) is 4.79 Å². The number of amides is 2. The van der Waals surface area contributed by atoms with E-state index in [1.165, 1.54) is 12.8 Å². The number of hydrogen-bond acceptors (Lipinski definition) is 4. The van der Waals surface area contributed by atoms with Gasteiger partial charge in [0.05, 0.1) is 6.54 Å². The van der Waals surface area contributed by atoms with Gasteiger partial charge in [-0.1, -0.05) is 12.8 Å². The predicted molar refractivity (Wildman–Crippen MR) is 89.9 cm³/mol. The maximum Gasteiger partial charge on any atom is 0.317 e. The maximum absolute atomic E-state index is 12.2. The number of likely N-dealkylation sites (tertiary alicyclic amines) is 1. The summed E-state index contributed by atoms with van der Waals surface area (Å²) in [7, 11) is 3.90. The molecule has 1 saturated heterocycles. The van der Waals surface area contributed by atoms with Crippen LogP contribution in [0.15, 0.2) is 18.3 Å². The van der Waals surface area contributed by atoms with Crippen molar-refractivity contribution in [3.63, 3.8) is 0 Å². The number of carbonyl (C=O) groups is 1.